The van der Waals surface area contributed by atoms with E-state index in [1.54, 1.807) is 0 Å². The molecule has 0 spiro atoms. The van der Waals surface area contributed by atoms with Gasteiger partial charge < -0.3 is 5.11 Å². The molecule has 0 aromatic carbocycles. The highest BCUT2D eigenvalue weighted by Gasteiger charge is 2.31. The zero-order valence-corrected chi connectivity index (χ0v) is 11.3. The number of hydrogen-bond acceptors (Lipinski definition) is 1. The van der Waals surface area contributed by atoms with Crippen molar-refractivity contribution < 1.29 is 9.90 Å². The molecule has 0 amide bonds. The van der Waals surface area contributed by atoms with E-state index < -0.39 is 11.4 Å². The Kier molecular flexibility index (Phi) is 6.61. The molecule has 0 saturated heterocycles. The van der Waals surface area contributed by atoms with E-state index in [1.807, 2.05) is 6.92 Å². The van der Waals surface area contributed by atoms with E-state index in [4.69, 9.17) is 0 Å². The topological polar surface area (TPSA) is 37.3 Å². The molecule has 0 heterocycles. The summed E-state index contributed by atoms with van der Waals surface area (Å²) >= 11 is 0. The van der Waals surface area contributed by atoms with Crippen LogP contribution in [0, 0.1) is 5.41 Å². The Hall–Kier alpha value is -0.530. The summed E-state index contributed by atoms with van der Waals surface area (Å²) in [4.78, 5) is 11.4. The molecule has 1 aliphatic carbocycles. The second-order valence-electron chi connectivity index (χ2n) is 5.90. The van der Waals surface area contributed by atoms with E-state index in [2.05, 4.69) is 0 Å². The SMILES string of the molecule is CC1(C(=O)O)CCCCCCCCCCCC1. The van der Waals surface area contributed by atoms with Crippen LogP contribution < -0.4 is 0 Å². The summed E-state index contributed by atoms with van der Waals surface area (Å²) in [6.45, 7) is 1.94. The molecule has 0 unspecified atom stereocenters. The lowest BCUT2D eigenvalue weighted by Gasteiger charge is -2.24. The number of aliphatic carboxylic acids is 1. The first kappa shape index (κ1) is 14.5. The molecule has 0 aromatic heterocycles. The maximum atomic E-state index is 11.4. The second-order valence-corrected chi connectivity index (χ2v) is 5.90. The molecule has 1 saturated carbocycles. The fraction of sp³-hybridized carbons (Fsp3) is 0.933. The minimum Gasteiger partial charge on any atom is -0.481 e. The third-order valence-electron chi connectivity index (χ3n) is 4.22. The fourth-order valence-electron chi connectivity index (χ4n) is 2.78. The lowest BCUT2D eigenvalue weighted by molar-refractivity contribution is -0.149. The van der Waals surface area contributed by atoms with Gasteiger partial charge in [-0.25, -0.2) is 0 Å². The van der Waals surface area contributed by atoms with Crippen molar-refractivity contribution >= 4 is 5.97 Å². The van der Waals surface area contributed by atoms with Crippen LogP contribution in [0.5, 0.6) is 0 Å². The van der Waals surface area contributed by atoms with Gasteiger partial charge in [0.2, 0.25) is 0 Å². The number of carboxylic acid groups (broad SMARTS) is 1. The highest BCUT2D eigenvalue weighted by molar-refractivity contribution is 5.74. The van der Waals surface area contributed by atoms with Gasteiger partial charge in [0.1, 0.15) is 0 Å². The summed E-state index contributed by atoms with van der Waals surface area (Å²) in [6.07, 6.45) is 14.3. The van der Waals surface area contributed by atoms with Gasteiger partial charge in [-0.3, -0.25) is 4.79 Å². The highest BCUT2D eigenvalue weighted by Crippen LogP contribution is 2.32. The largest absolute Gasteiger partial charge is 0.481 e. The minimum absolute atomic E-state index is 0.464. The Morgan fingerprint density at radius 1 is 0.765 bits per heavy atom. The van der Waals surface area contributed by atoms with Gasteiger partial charge in [-0.15, -0.1) is 0 Å². The molecular formula is C15H28O2. The van der Waals surface area contributed by atoms with E-state index in [-0.39, 0.29) is 0 Å². The molecule has 1 rings (SSSR count). The second kappa shape index (κ2) is 7.73. The van der Waals surface area contributed by atoms with Gasteiger partial charge in [0.15, 0.2) is 0 Å². The van der Waals surface area contributed by atoms with Gasteiger partial charge in [-0.05, 0) is 19.8 Å². The number of carbonyl (C=O) groups is 1. The lowest BCUT2D eigenvalue weighted by atomic mass is 9.80. The van der Waals surface area contributed by atoms with Gasteiger partial charge >= 0.3 is 5.97 Å². The summed E-state index contributed by atoms with van der Waals surface area (Å²) in [5, 5.41) is 9.36. The van der Waals surface area contributed by atoms with Crippen LogP contribution >= 0.6 is 0 Å². The molecule has 1 aliphatic rings. The summed E-state index contributed by atoms with van der Waals surface area (Å²) in [7, 11) is 0. The molecule has 17 heavy (non-hydrogen) atoms. The van der Waals surface area contributed by atoms with E-state index in [1.165, 1.54) is 51.4 Å². The number of carboxylic acids is 1. The van der Waals surface area contributed by atoms with E-state index >= 15 is 0 Å². The molecule has 0 aromatic rings. The summed E-state index contributed by atoms with van der Waals surface area (Å²) in [6, 6.07) is 0. The Bertz CT molecular complexity index is 209. The maximum absolute atomic E-state index is 11.4. The molecule has 100 valence electrons. The first-order valence-electron chi connectivity index (χ1n) is 7.38. The van der Waals surface area contributed by atoms with Gasteiger partial charge in [0.25, 0.3) is 0 Å². The monoisotopic (exact) mass is 240 g/mol. The average molecular weight is 240 g/mol. The van der Waals surface area contributed by atoms with Gasteiger partial charge in [-0.2, -0.15) is 0 Å². The zero-order chi connectivity index (χ0) is 12.6. The Morgan fingerprint density at radius 3 is 1.35 bits per heavy atom. The molecule has 2 nitrogen and oxygen atoms in total. The van der Waals surface area contributed by atoms with Crippen LogP contribution in [0.3, 0.4) is 0 Å². The molecular weight excluding hydrogens is 212 g/mol. The lowest BCUT2D eigenvalue weighted by Crippen LogP contribution is -2.27. The van der Waals surface area contributed by atoms with Crippen LogP contribution in [-0.2, 0) is 4.79 Å². The molecule has 1 N–H and O–H groups in total. The van der Waals surface area contributed by atoms with Gasteiger partial charge in [0, 0.05) is 0 Å². The minimum atomic E-state index is -0.590. The third-order valence-corrected chi connectivity index (χ3v) is 4.22. The first-order chi connectivity index (χ1) is 8.15. The molecule has 0 atom stereocenters. The average Bonchev–Trinajstić information content (AvgIpc) is 2.31. The third kappa shape index (κ3) is 5.56. The Morgan fingerprint density at radius 2 is 1.06 bits per heavy atom. The molecule has 0 bridgehead atoms. The van der Waals surface area contributed by atoms with Crippen molar-refractivity contribution in [1.82, 2.24) is 0 Å². The summed E-state index contributed by atoms with van der Waals surface area (Å²) in [5.41, 5.74) is -0.464. The quantitative estimate of drug-likeness (QED) is 0.716. The number of hydrogen-bond donors (Lipinski definition) is 1. The van der Waals surface area contributed by atoms with Gasteiger partial charge in [-0.1, -0.05) is 64.2 Å². The van der Waals surface area contributed by atoms with E-state index in [0.717, 1.165) is 25.7 Å². The zero-order valence-electron chi connectivity index (χ0n) is 11.3. The smallest absolute Gasteiger partial charge is 0.309 e. The van der Waals surface area contributed by atoms with Crippen LogP contribution in [0.2, 0.25) is 0 Å². The molecule has 2 heteroatoms. The standard InChI is InChI=1S/C15H28O2/c1-15(14(16)17)12-10-8-6-4-2-3-5-7-9-11-13-15/h2-13H2,1H3,(H,16,17). The van der Waals surface area contributed by atoms with Crippen LogP contribution in [0.4, 0.5) is 0 Å². The predicted octanol–water partition coefficient (Wildman–Crippen LogP) is 4.77. The van der Waals surface area contributed by atoms with Crippen LogP contribution in [0.1, 0.15) is 84.0 Å². The van der Waals surface area contributed by atoms with Crippen LogP contribution in [0.15, 0.2) is 0 Å². The van der Waals surface area contributed by atoms with Crippen LogP contribution in [-0.4, -0.2) is 11.1 Å². The summed E-state index contributed by atoms with van der Waals surface area (Å²) in [5.74, 6) is -0.590. The van der Waals surface area contributed by atoms with Crippen molar-refractivity contribution in [1.29, 1.82) is 0 Å². The molecule has 1 fully saturated rings. The van der Waals surface area contributed by atoms with Gasteiger partial charge in [0.05, 0.1) is 5.41 Å². The van der Waals surface area contributed by atoms with Crippen molar-refractivity contribution in [3.63, 3.8) is 0 Å². The van der Waals surface area contributed by atoms with Crippen LogP contribution in [0.25, 0.3) is 0 Å². The number of rotatable bonds is 1. The van der Waals surface area contributed by atoms with Crippen molar-refractivity contribution in [3.8, 4) is 0 Å². The first-order valence-corrected chi connectivity index (χ1v) is 7.38. The van der Waals surface area contributed by atoms with E-state index in [0.29, 0.717) is 0 Å². The maximum Gasteiger partial charge on any atom is 0.309 e. The highest BCUT2D eigenvalue weighted by atomic mass is 16.4. The molecule has 0 radical (unpaired) electrons. The van der Waals surface area contributed by atoms with Crippen molar-refractivity contribution in [3.05, 3.63) is 0 Å². The fourth-order valence-corrected chi connectivity index (χ4v) is 2.78. The van der Waals surface area contributed by atoms with Crippen molar-refractivity contribution in [2.75, 3.05) is 0 Å². The van der Waals surface area contributed by atoms with Crippen molar-refractivity contribution in [2.24, 2.45) is 5.41 Å². The summed E-state index contributed by atoms with van der Waals surface area (Å²) < 4.78 is 0. The Balaban J connectivity index is 2.44. The predicted molar refractivity (Wildman–Crippen MR) is 71.1 cm³/mol. The normalized spacial score (nSPS) is 24.1. The van der Waals surface area contributed by atoms with E-state index in [9.17, 15) is 9.90 Å². The Labute approximate surface area is 106 Å². The van der Waals surface area contributed by atoms with Crippen molar-refractivity contribution in [2.45, 2.75) is 84.0 Å². The molecule has 0 aliphatic heterocycles.